The van der Waals surface area contributed by atoms with Crippen molar-refractivity contribution in [2.45, 2.75) is 55.8 Å². The van der Waals surface area contributed by atoms with Crippen LogP contribution in [0.5, 0.6) is 23.0 Å². The molecule has 34 heavy (non-hydrogen) atoms. The summed E-state index contributed by atoms with van der Waals surface area (Å²) in [6.07, 6.45) is -7.92. The van der Waals surface area contributed by atoms with Crippen molar-refractivity contribution in [1.29, 1.82) is 0 Å². The third-order valence-electron chi connectivity index (χ3n) is 6.06. The third-order valence-corrected chi connectivity index (χ3v) is 6.06. The van der Waals surface area contributed by atoms with Crippen LogP contribution in [0.15, 0.2) is 36.4 Å². The van der Waals surface area contributed by atoms with Crippen molar-refractivity contribution in [1.82, 2.24) is 0 Å². The maximum absolute atomic E-state index is 12.7. The molecular weight excluding hydrogens is 452 g/mol. The fraction of sp³-hybridized carbons (Fsp3) is 0.435. The van der Waals surface area contributed by atoms with Gasteiger partial charge in [0, 0.05) is 12.0 Å². The van der Waals surface area contributed by atoms with Crippen LogP contribution in [0.4, 0.5) is 0 Å². The highest BCUT2D eigenvalue weighted by molar-refractivity contribution is 5.96. The normalized spacial score (nSPS) is 31.1. The maximum Gasteiger partial charge on any atom is 0.187 e. The number of ketones is 1. The number of Topliss-reactive ketones (excluding diaryl/α,β-unsaturated/α-hetero) is 1. The van der Waals surface area contributed by atoms with E-state index in [2.05, 4.69) is 0 Å². The van der Waals surface area contributed by atoms with Gasteiger partial charge in [0.25, 0.3) is 0 Å². The number of hydrogen-bond donors (Lipinski definition) is 7. The molecule has 2 fully saturated rings. The first-order valence-corrected chi connectivity index (χ1v) is 10.7. The monoisotopic (exact) mass is 478 g/mol. The number of aliphatic hydroxyl groups excluding tert-OH is 3. The van der Waals surface area contributed by atoms with Crippen LogP contribution in [0.25, 0.3) is 0 Å². The zero-order valence-electron chi connectivity index (χ0n) is 17.9. The summed E-state index contributed by atoms with van der Waals surface area (Å²) in [7, 11) is 0. The zero-order chi connectivity index (χ0) is 24.6. The second-order valence-corrected chi connectivity index (χ2v) is 8.32. The van der Waals surface area contributed by atoms with Gasteiger partial charge in [-0.15, -0.1) is 0 Å². The Labute approximate surface area is 194 Å². The van der Waals surface area contributed by atoms with Crippen molar-refractivity contribution in [2.75, 3.05) is 6.61 Å². The molecule has 2 saturated heterocycles. The second kappa shape index (κ2) is 9.74. The number of rotatable bonds is 6. The Morgan fingerprint density at radius 1 is 0.794 bits per heavy atom. The van der Waals surface area contributed by atoms with E-state index in [9.17, 15) is 40.5 Å². The Balaban J connectivity index is 1.57. The van der Waals surface area contributed by atoms with Gasteiger partial charge in [-0.2, -0.15) is 0 Å². The molecule has 0 unspecified atom stereocenters. The SMILES string of the molecule is O=C(CC[C@@H]1O[C@@H]2O[C@H](CO)[C@@H](O)[C@H](O)[C@H]2O[C@H]1c1ccc(O)c(O)c1)c1ccc(O)c(O)c1. The highest BCUT2D eigenvalue weighted by Gasteiger charge is 2.51. The van der Waals surface area contributed by atoms with E-state index in [4.69, 9.17) is 14.2 Å². The van der Waals surface area contributed by atoms with E-state index in [0.717, 1.165) is 6.07 Å². The summed E-state index contributed by atoms with van der Waals surface area (Å²) in [5, 5.41) is 68.8. The molecule has 184 valence electrons. The summed E-state index contributed by atoms with van der Waals surface area (Å²) < 4.78 is 17.6. The summed E-state index contributed by atoms with van der Waals surface area (Å²) in [6, 6.07) is 7.72. The largest absolute Gasteiger partial charge is 0.504 e. The zero-order valence-corrected chi connectivity index (χ0v) is 17.9. The first-order valence-electron chi connectivity index (χ1n) is 10.7. The van der Waals surface area contributed by atoms with Crippen molar-refractivity contribution >= 4 is 5.78 Å². The topological polar surface area (TPSA) is 186 Å². The molecule has 2 heterocycles. The Kier molecular flexibility index (Phi) is 6.94. The first-order chi connectivity index (χ1) is 16.2. The molecule has 11 heteroatoms. The Morgan fingerprint density at radius 3 is 2.09 bits per heavy atom. The number of phenols is 4. The predicted octanol–water partition coefficient (Wildman–Crippen LogP) is 0.436. The Hall–Kier alpha value is -2.93. The number of carbonyl (C=O) groups excluding carboxylic acids is 1. The minimum absolute atomic E-state index is 0.0508. The van der Waals surface area contributed by atoms with Crippen LogP contribution in [0.1, 0.15) is 34.9 Å². The molecule has 7 N–H and O–H groups in total. The van der Waals surface area contributed by atoms with Gasteiger partial charge in [0.2, 0.25) is 0 Å². The second-order valence-electron chi connectivity index (χ2n) is 8.32. The highest BCUT2D eigenvalue weighted by atomic mass is 16.7. The van der Waals surface area contributed by atoms with Crippen LogP contribution >= 0.6 is 0 Å². The first kappa shape index (κ1) is 24.2. The number of carbonyl (C=O) groups is 1. The van der Waals surface area contributed by atoms with Gasteiger partial charge in [-0.05, 0) is 42.3 Å². The number of benzene rings is 2. The van der Waals surface area contributed by atoms with Crippen molar-refractivity contribution in [3.63, 3.8) is 0 Å². The Bertz CT molecular complexity index is 1040. The van der Waals surface area contributed by atoms with E-state index in [0.29, 0.717) is 5.56 Å². The molecule has 0 spiro atoms. The summed E-state index contributed by atoms with van der Waals surface area (Å²) >= 11 is 0. The van der Waals surface area contributed by atoms with Crippen molar-refractivity contribution in [2.24, 2.45) is 0 Å². The molecule has 0 saturated carbocycles. The van der Waals surface area contributed by atoms with Gasteiger partial charge in [0.1, 0.15) is 30.5 Å². The highest BCUT2D eigenvalue weighted by Crippen LogP contribution is 2.41. The van der Waals surface area contributed by atoms with Gasteiger partial charge < -0.3 is 50.0 Å². The summed E-state index contributed by atoms with van der Waals surface area (Å²) in [4.78, 5) is 12.7. The van der Waals surface area contributed by atoms with E-state index in [-0.39, 0.29) is 35.7 Å². The van der Waals surface area contributed by atoms with Crippen LogP contribution in [-0.2, 0) is 14.2 Å². The molecule has 2 aromatic rings. The third kappa shape index (κ3) is 4.67. The average molecular weight is 478 g/mol. The van der Waals surface area contributed by atoms with Crippen LogP contribution in [-0.4, -0.2) is 84.9 Å². The van der Waals surface area contributed by atoms with Gasteiger partial charge in [-0.1, -0.05) is 6.07 Å². The van der Waals surface area contributed by atoms with Gasteiger partial charge in [0.05, 0.1) is 12.7 Å². The maximum atomic E-state index is 12.7. The number of hydrogen-bond acceptors (Lipinski definition) is 11. The average Bonchev–Trinajstić information content (AvgIpc) is 2.82. The molecule has 0 bridgehead atoms. The van der Waals surface area contributed by atoms with Crippen molar-refractivity contribution in [3.05, 3.63) is 47.5 Å². The molecule has 2 aromatic carbocycles. The van der Waals surface area contributed by atoms with Crippen molar-refractivity contribution < 1.29 is 54.8 Å². The molecule has 2 aliphatic heterocycles. The van der Waals surface area contributed by atoms with Gasteiger partial charge in [-0.25, -0.2) is 0 Å². The van der Waals surface area contributed by atoms with Gasteiger partial charge >= 0.3 is 0 Å². The van der Waals surface area contributed by atoms with E-state index in [1.54, 1.807) is 0 Å². The smallest absolute Gasteiger partial charge is 0.187 e. The lowest BCUT2D eigenvalue weighted by molar-refractivity contribution is -0.369. The van der Waals surface area contributed by atoms with Crippen LogP contribution in [0.2, 0.25) is 0 Å². The lowest BCUT2D eigenvalue weighted by atomic mass is 9.93. The summed E-state index contributed by atoms with van der Waals surface area (Å²) in [5.41, 5.74) is 0.566. The number of aromatic hydroxyl groups is 4. The van der Waals surface area contributed by atoms with Crippen molar-refractivity contribution in [3.8, 4) is 23.0 Å². The molecule has 7 atom stereocenters. The number of ether oxygens (including phenoxy) is 3. The summed E-state index contributed by atoms with van der Waals surface area (Å²) in [5.74, 6) is -1.88. The van der Waals surface area contributed by atoms with E-state index in [1.165, 1.54) is 30.3 Å². The molecule has 0 aliphatic carbocycles. The van der Waals surface area contributed by atoms with Gasteiger partial charge in [-0.3, -0.25) is 4.79 Å². The number of phenolic OH excluding ortho intramolecular Hbond substituents is 4. The molecule has 4 rings (SSSR count). The van der Waals surface area contributed by atoms with Gasteiger partial charge in [0.15, 0.2) is 35.1 Å². The Morgan fingerprint density at radius 2 is 1.44 bits per heavy atom. The molecule has 11 nitrogen and oxygen atoms in total. The number of fused-ring (bicyclic) bond motifs is 1. The summed E-state index contributed by atoms with van der Waals surface area (Å²) in [6.45, 7) is -0.562. The standard InChI is InChI=1S/C23H26O11/c24-9-18-19(30)20(31)22-23(33-18)32-17(21(34-22)11-2-4-14(27)16(29)8-11)6-5-12(25)10-1-3-13(26)15(28)7-10/h1-4,7-8,17-24,26-31H,5-6,9H2/t17-,18+,19+,20-,21-,22+,23+/m0/s1. The quantitative estimate of drug-likeness (QED) is 0.225. The van der Waals surface area contributed by atoms with Crippen LogP contribution < -0.4 is 0 Å². The molecule has 0 amide bonds. The minimum atomic E-state index is -1.44. The van der Waals surface area contributed by atoms with E-state index < -0.39 is 61.0 Å². The lowest BCUT2D eigenvalue weighted by Crippen LogP contribution is -2.63. The molecule has 0 radical (unpaired) electrons. The number of aliphatic hydroxyl groups is 3. The van der Waals surface area contributed by atoms with Crippen LogP contribution in [0, 0.1) is 0 Å². The molecule has 0 aromatic heterocycles. The van der Waals surface area contributed by atoms with E-state index in [1.807, 2.05) is 0 Å². The van der Waals surface area contributed by atoms with E-state index >= 15 is 0 Å². The van der Waals surface area contributed by atoms with Crippen LogP contribution in [0.3, 0.4) is 0 Å². The predicted molar refractivity (Wildman–Crippen MR) is 113 cm³/mol. The minimum Gasteiger partial charge on any atom is -0.504 e. The molecular formula is C23H26O11. The molecule has 2 aliphatic rings. The lowest BCUT2D eigenvalue weighted by Gasteiger charge is -2.48. The fourth-order valence-corrected chi connectivity index (χ4v) is 4.16. The fourth-order valence-electron chi connectivity index (χ4n) is 4.16.